The van der Waals surface area contributed by atoms with Gasteiger partial charge < -0.3 is 5.32 Å². The second kappa shape index (κ2) is 5.27. The number of nitrogens with zero attached hydrogens (tertiary/aromatic N) is 2. The zero-order chi connectivity index (χ0) is 13.0. The lowest BCUT2D eigenvalue weighted by atomic mass is 10.1. The van der Waals surface area contributed by atoms with E-state index in [9.17, 15) is 9.59 Å². The predicted molar refractivity (Wildman–Crippen MR) is 67.4 cm³/mol. The van der Waals surface area contributed by atoms with Crippen molar-refractivity contribution in [3.05, 3.63) is 64.3 Å². The average Bonchev–Trinajstić information content (AvgIpc) is 2.41. The number of carbonyl (C=O) groups excluding carboxylic acids is 1. The van der Waals surface area contributed by atoms with E-state index < -0.39 is 0 Å². The highest BCUT2D eigenvalue weighted by Crippen LogP contribution is 2.05. The minimum absolute atomic E-state index is 0.0969. The maximum atomic E-state index is 11.5. The molecule has 0 fully saturated rings. The van der Waals surface area contributed by atoms with E-state index in [-0.39, 0.29) is 11.5 Å². The topological polar surface area (TPSA) is 64.0 Å². The molecule has 0 aliphatic carbocycles. The normalized spacial score (nSPS) is 10.1. The first-order valence-electron chi connectivity index (χ1n) is 5.52. The highest BCUT2D eigenvalue weighted by atomic mass is 16.1. The van der Waals surface area contributed by atoms with Gasteiger partial charge in [0.15, 0.2) is 0 Å². The molecule has 1 N–H and O–H groups in total. The van der Waals surface area contributed by atoms with Crippen LogP contribution in [0.15, 0.2) is 47.7 Å². The smallest absolute Gasteiger partial charge is 0.253 e. The van der Waals surface area contributed by atoms with Gasteiger partial charge in [0.1, 0.15) is 0 Å². The van der Waals surface area contributed by atoms with Crippen molar-refractivity contribution in [2.45, 2.75) is 6.54 Å². The van der Waals surface area contributed by atoms with E-state index in [1.54, 1.807) is 19.2 Å². The lowest BCUT2D eigenvalue weighted by Gasteiger charge is -2.05. The molecular weight excluding hydrogens is 230 g/mol. The zero-order valence-corrected chi connectivity index (χ0v) is 9.96. The van der Waals surface area contributed by atoms with Crippen LogP contribution in [0, 0.1) is 0 Å². The summed E-state index contributed by atoms with van der Waals surface area (Å²) in [6.45, 7) is 0.445. The van der Waals surface area contributed by atoms with Crippen LogP contribution in [0.4, 0.5) is 0 Å². The van der Waals surface area contributed by atoms with Gasteiger partial charge in [0.2, 0.25) is 0 Å². The van der Waals surface area contributed by atoms with Crippen LogP contribution in [0.25, 0.3) is 0 Å². The lowest BCUT2D eigenvalue weighted by molar-refractivity contribution is 0.0963. The second-order valence-electron chi connectivity index (χ2n) is 3.82. The lowest BCUT2D eigenvalue weighted by Crippen LogP contribution is -2.20. The summed E-state index contributed by atoms with van der Waals surface area (Å²) < 4.78 is 1.51. The Morgan fingerprint density at radius 3 is 2.61 bits per heavy atom. The van der Waals surface area contributed by atoms with Crippen molar-refractivity contribution in [2.24, 2.45) is 0 Å². The third kappa shape index (κ3) is 2.63. The maximum Gasteiger partial charge on any atom is 0.253 e. The summed E-state index contributed by atoms with van der Waals surface area (Å²) in [7, 11) is 1.59. The molecule has 0 unspecified atom stereocenters. The van der Waals surface area contributed by atoms with Crippen molar-refractivity contribution in [3.63, 3.8) is 0 Å². The number of nitrogens with one attached hydrogen (secondary N) is 1. The van der Waals surface area contributed by atoms with E-state index in [0.717, 1.165) is 5.56 Å². The Hall–Kier alpha value is -2.43. The Balaban J connectivity index is 2.19. The molecule has 5 heteroatoms. The van der Waals surface area contributed by atoms with Gasteiger partial charge in [-0.25, -0.2) is 4.98 Å². The van der Waals surface area contributed by atoms with Crippen LogP contribution in [0.2, 0.25) is 0 Å². The number of aromatic nitrogens is 2. The first-order chi connectivity index (χ1) is 8.70. The van der Waals surface area contributed by atoms with E-state index in [1.165, 1.54) is 23.2 Å². The van der Waals surface area contributed by atoms with E-state index in [2.05, 4.69) is 10.3 Å². The maximum absolute atomic E-state index is 11.5. The first kappa shape index (κ1) is 12.0. The molecule has 0 spiro atoms. The van der Waals surface area contributed by atoms with Crippen molar-refractivity contribution in [3.8, 4) is 0 Å². The molecule has 2 aromatic rings. The highest BCUT2D eigenvalue weighted by Gasteiger charge is 2.03. The summed E-state index contributed by atoms with van der Waals surface area (Å²) in [5.74, 6) is -0.125. The fourth-order valence-corrected chi connectivity index (χ4v) is 1.60. The van der Waals surface area contributed by atoms with Gasteiger partial charge in [-0.1, -0.05) is 12.1 Å². The highest BCUT2D eigenvalue weighted by molar-refractivity contribution is 5.93. The molecule has 18 heavy (non-hydrogen) atoms. The van der Waals surface area contributed by atoms with Gasteiger partial charge in [-0.2, -0.15) is 0 Å². The van der Waals surface area contributed by atoms with E-state index in [0.29, 0.717) is 12.1 Å². The molecule has 1 amide bonds. The zero-order valence-electron chi connectivity index (χ0n) is 9.96. The fraction of sp³-hybridized carbons (Fsp3) is 0.154. The third-order valence-electron chi connectivity index (χ3n) is 2.59. The molecule has 0 saturated heterocycles. The molecule has 1 heterocycles. The van der Waals surface area contributed by atoms with E-state index in [1.807, 2.05) is 12.1 Å². The largest absolute Gasteiger partial charge is 0.355 e. The van der Waals surface area contributed by atoms with Crippen molar-refractivity contribution in [2.75, 3.05) is 7.05 Å². The predicted octanol–water partition coefficient (Wildman–Crippen LogP) is 0.651. The van der Waals surface area contributed by atoms with Crippen LogP contribution in [0.1, 0.15) is 15.9 Å². The molecule has 0 aliphatic rings. The van der Waals surface area contributed by atoms with Crippen LogP contribution in [-0.2, 0) is 6.54 Å². The number of amides is 1. The monoisotopic (exact) mass is 243 g/mol. The van der Waals surface area contributed by atoms with E-state index in [4.69, 9.17) is 0 Å². The Labute approximate surface area is 104 Å². The molecule has 0 aliphatic heterocycles. The quantitative estimate of drug-likeness (QED) is 0.861. The number of hydrogen-bond acceptors (Lipinski definition) is 3. The van der Waals surface area contributed by atoms with E-state index >= 15 is 0 Å². The summed E-state index contributed by atoms with van der Waals surface area (Å²) in [4.78, 5) is 26.8. The van der Waals surface area contributed by atoms with Gasteiger partial charge in [-0.05, 0) is 17.7 Å². The first-order valence-corrected chi connectivity index (χ1v) is 5.52. The van der Waals surface area contributed by atoms with Crippen LogP contribution >= 0.6 is 0 Å². The molecule has 0 saturated carbocycles. The molecule has 92 valence electrons. The van der Waals surface area contributed by atoms with Crippen molar-refractivity contribution < 1.29 is 4.79 Å². The molecular formula is C13H13N3O2. The summed E-state index contributed by atoms with van der Waals surface area (Å²) in [5.41, 5.74) is 1.44. The van der Waals surface area contributed by atoms with Gasteiger partial charge in [0, 0.05) is 24.9 Å². The molecule has 0 bridgehead atoms. The van der Waals surface area contributed by atoms with Crippen molar-refractivity contribution in [1.29, 1.82) is 0 Å². The van der Waals surface area contributed by atoms with Crippen molar-refractivity contribution >= 4 is 5.91 Å². The van der Waals surface area contributed by atoms with Gasteiger partial charge in [0.25, 0.3) is 11.5 Å². The molecule has 1 aromatic heterocycles. The number of benzene rings is 1. The van der Waals surface area contributed by atoms with Crippen LogP contribution in [-0.4, -0.2) is 22.5 Å². The molecule has 2 rings (SSSR count). The number of rotatable bonds is 3. The van der Waals surface area contributed by atoms with Crippen molar-refractivity contribution in [1.82, 2.24) is 14.9 Å². The standard InChI is InChI=1S/C13H13N3O2/c1-14-13(18)11-4-2-10(3-5-11)8-16-9-15-7-6-12(16)17/h2-7,9H,8H2,1H3,(H,14,18). The molecule has 0 radical (unpaired) electrons. The number of hydrogen-bond donors (Lipinski definition) is 1. The number of carbonyl (C=O) groups is 1. The van der Waals surface area contributed by atoms with Gasteiger partial charge >= 0.3 is 0 Å². The average molecular weight is 243 g/mol. The van der Waals surface area contributed by atoms with Crippen LogP contribution < -0.4 is 10.9 Å². The minimum atomic E-state index is -0.125. The Bertz CT molecular complexity index is 602. The second-order valence-corrected chi connectivity index (χ2v) is 3.82. The third-order valence-corrected chi connectivity index (χ3v) is 2.59. The van der Waals surface area contributed by atoms with Gasteiger partial charge in [-0.15, -0.1) is 0 Å². The fourth-order valence-electron chi connectivity index (χ4n) is 1.60. The Morgan fingerprint density at radius 1 is 1.28 bits per heavy atom. The molecule has 5 nitrogen and oxygen atoms in total. The van der Waals surface area contributed by atoms with Crippen LogP contribution in [0.5, 0.6) is 0 Å². The summed E-state index contributed by atoms with van der Waals surface area (Å²) in [5, 5.41) is 2.56. The Kier molecular flexibility index (Phi) is 3.52. The van der Waals surface area contributed by atoms with Gasteiger partial charge in [0.05, 0.1) is 12.9 Å². The van der Waals surface area contributed by atoms with Crippen LogP contribution in [0.3, 0.4) is 0 Å². The summed E-state index contributed by atoms with van der Waals surface area (Å²) >= 11 is 0. The summed E-state index contributed by atoms with van der Waals surface area (Å²) in [6, 6.07) is 8.53. The summed E-state index contributed by atoms with van der Waals surface area (Å²) in [6.07, 6.45) is 2.96. The SMILES string of the molecule is CNC(=O)c1ccc(Cn2cnccc2=O)cc1. The minimum Gasteiger partial charge on any atom is -0.355 e. The molecule has 0 atom stereocenters. The Morgan fingerprint density at radius 2 is 2.00 bits per heavy atom. The van der Waals surface area contributed by atoms with Gasteiger partial charge in [-0.3, -0.25) is 14.2 Å². The molecule has 1 aromatic carbocycles.